The van der Waals surface area contributed by atoms with Gasteiger partial charge in [-0.25, -0.2) is 0 Å². The first-order valence-electron chi connectivity index (χ1n) is 6.51. The van der Waals surface area contributed by atoms with E-state index in [9.17, 15) is 0 Å². The third kappa shape index (κ3) is 7.03. The molecule has 4 nitrogen and oxygen atoms in total. The number of nitrogens with zero attached hydrogens (tertiary/aromatic N) is 1. The fraction of sp³-hybridized carbons (Fsp3) is 0.500. The van der Waals surface area contributed by atoms with Crippen LogP contribution >= 0.6 is 11.6 Å². The zero-order valence-corrected chi connectivity index (χ0v) is 12.3. The Morgan fingerprint density at radius 2 is 2.00 bits per heavy atom. The van der Waals surface area contributed by atoms with Gasteiger partial charge in [-0.1, -0.05) is 23.7 Å². The Balaban J connectivity index is 2.34. The third-order valence-electron chi connectivity index (χ3n) is 2.53. The van der Waals surface area contributed by atoms with Gasteiger partial charge < -0.3 is 15.4 Å². The van der Waals surface area contributed by atoms with E-state index in [-0.39, 0.29) is 0 Å². The molecule has 0 spiro atoms. The van der Waals surface area contributed by atoms with Gasteiger partial charge in [0.2, 0.25) is 0 Å². The lowest BCUT2D eigenvalue weighted by Gasteiger charge is -2.11. The predicted octanol–water partition coefficient (Wildman–Crippen LogP) is 2.08. The molecule has 0 saturated carbocycles. The molecule has 0 atom stereocenters. The van der Waals surface area contributed by atoms with Crippen molar-refractivity contribution in [2.45, 2.75) is 13.3 Å². The van der Waals surface area contributed by atoms with Gasteiger partial charge in [0.25, 0.3) is 0 Å². The van der Waals surface area contributed by atoms with Crippen molar-refractivity contribution in [3.05, 3.63) is 34.9 Å². The number of aliphatic imine (C=N–C) groups is 1. The number of ether oxygens (including phenoxy) is 1. The van der Waals surface area contributed by atoms with Crippen LogP contribution in [0.15, 0.2) is 29.3 Å². The summed E-state index contributed by atoms with van der Waals surface area (Å²) >= 11 is 5.85. The van der Waals surface area contributed by atoms with Gasteiger partial charge in [-0.15, -0.1) is 0 Å². The zero-order chi connectivity index (χ0) is 13.9. The number of rotatable bonds is 7. The molecule has 0 aliphatic rings. The van der Waals surface area contributed by atoms with Crippen molar-refractivity contribution in [2.75, 3.05) is 33.4 Å². The molecule has 0 fully saturated rings. The zero-order valence-electron chi connectivity index (χ0n) is 11.6. The van der Waals surface area contributed by atoms with E-state index >= 15 is 0 Å². The summed E-state index contributed by atoms with van der Waals surface area (Å²) < 4.78 is 4.98. The topological polar surface area (TPSA) is 45.7 Å². The fourth-order valence-electron chi connectivity index (χ4n) is 1.57. The van der Waals surface area contributed by atoms with Crippen molar-refractivity contribution in [3.8, 4) is 0 Å². The highest BCUT2D eigenvalue weighted by atomic mass is 35.5. The van der Waals surface area contributed by atoms with Gasteiger partial charge in [0.15, 0.2) is 5.96 Å². The van der Waals surface area contributed by atoms with Crippen LogP contribution in [0.2, 0.25) is 5.02 Å². The molecule has 2 N–H and O–H groups in total. The molecule has 0 amide bonds. The van der Waals surface area contributed by atoms with E-state index in [1.54, 1.807) is 7.11 Å². The summed E-state index contributed by atoms with van der Waals surface area (Å²) in [6.07, 6.45) is 0.936. The van der Waals surface area contributed by atoms with Crippen LogP contribution in [0.4, 0.5) is 0 Å². The Morgan fingerprint density at radius 1 is 1.26 bits per heavy atom. The Kier molecular flexibility index (Phi) is 8.02. The smallest absolute Gasteiger partial charge is 0.191 e. The highest BCUT2D eigenvalue weighted by Gasteiger charge is 1.97. The molecule has 19 heavy (non-hydrogen) atoms. The fourth-order valence-corrected chi connectivity index (χ4v) is 1.69. The standard InChI is InChI=1S/C14H22ClN3O/c1-3-16-14(18-10-11-19-2)17-9-8-12-4-6-13(15)7-5-12/h4-7H,3,8-11H2,1-2H3,(H2,16,17,18). The number of guanidine groups is 1. The first-order valence-corrected chi connectivity index (χ1v) is 6.89. The number of benzene rings is 1. The van der Waals surface area contributed by atoms with Crippen LogP contribution < -0.4 is 10.6 Å². The average molecular weight is 284 g/mol. The van der Waals surface area contributed by atoms with E-state index in [1.165, 1.54) is 5.56 Å². The van der Waals surface area contributed by atoms with Crippen molar-refractivity contribution < 1.29 is 4.74 Å². The van der Waals surface area contributed by atoms with Gasteiger partial charge in [-0.3, -0.25) is 4.99 Å². The second-order valence-electron chi connectivity index (χ2n) is 4.06. The number of hydrogen-bond donors (Lipinski definition) is 2. The van der Waals surface area contributed by atoms with E-state index in [4.69, 9.17) is 16.3 Å². The minimum absolute atomic E-state index is 0.633. The summed E-state index contributed by atoms with van der Waals surface area (Å²) in [5.74, 6) is 0.827. The molecule has 0 aliphatic carbocycles. The van der Waals surface area contributed by atoms with Crippen molar-refractivity contribution in [1.29, 1.82) is 0 Å². The van der Waals surface area contributed by atoms with Gasteiger partial charge in [0, 0.05) is 25.2 Å². The molecule has 1 aromatic carbocycles. The lowest BCUT2D eigenvalue weighted by molar-refractivity contribution is 0.208. The number of methoxy groups -OCH3 is 1. The number of halogens is 1. The van der Waals surface area contributed by atoms with Crippen LogP contribution in [0.25, 0.3) is 0 Å². The summed E-state index contributed by atoms with van der Waals surface area (Å²) in [4.78, 5) is 4.40. The molecule has 0 saturated heterocycles. The van der Waals surface area contributed by atoms with Gasteiger partial charge in [0.05, 0.1) is 13.2 Å². The Hall–Kier alpha value is -1.26. The summed E-state index contributed by atoms with van der Waals surface area (Å²) in [6, 6.07) is 7.90. The Morgan fingerprint density at radius 3 is 2.63 bits per heavy atom. The molecule has 106 valence electrons. The van der Waals surface area contributed by atoms with Crippen LogP contribution in [0.1, 0.15) is 12.5 Å². The molecule has 1 aromatic rings. The monoisotopic (exact) mass is 283 g/mol. The molecule has 0 bridgehead atoms. The first-order chi connectivity index (χ1) is 9.26. The van der Waals surface area contributed by atoms with Crippen molar-refractivity contribution >= 4 is 17.6 Å². The third-order valence-corrected chi connectivity index (χ3v) is 2.78. The summed E-state index contributed by atoms with van der Waals surface area (Å²) in [6.45, 7) is 5.02. The molecule has 1 rings (SSSR count). The van der Waals surface area contributed by atoms with Crippen molar-refractivity contribution in [2.24, 2.45) is 4.99 Å². The Bertz CT molecular complexity index is 379. The minimum Gasteiger partial charge on any atom is -0.383 e. The molecule has 0 heterocycles. The normalized spacial score (nSPS) is 11.4. The van der Waals surface area contributed by atoms with Gasteiger partial charge in [0.1, 0.15) is 0 Å². The van der Waals surface area contributed by atoms with Crippen molar-refractivity contribution in [3.63, 3.8) is 0 Å². The van der Waals surface area contributed by atoms with Gasteiger partial charge in [-0.05, 0) is 31.0 Å². The maximum absolute atomic E-state index is 5.85. The Labute approximate surface area is 120 Å². The van der Waals surface area contributed by atoms with E-state index in [0.717, 1.165) is 30.5 Å². The number of hydrogen-bond acceptors (Lipinski definition) is 2. The maximum atomic E-state index is 5.85. The van der Waals surface area contributed by atoms with Crippen LogP contribution in [0.3, 0.4) is 0 Å². The van der Waals surface area contributed by atoms with Crippen molar-refractivity contribution in [1.82, 2.24) is 10.6 Å². The minimum atomic E-state index is 0.633. The van der Waals surface area contributed by atoms with Gasteiger partial charge in [-0.2, -0.15) is 0 Å². The van der Waals surface area contributed by atoms with E-state index in [1.807, 2.05) is 31.2 Å². The van der Waals surface area contributed by atoms with Crippen LogP contribution in [-0.2, 0) is 11.2 Å². The lowest BCUT2D eigenvalue weighted by Crippen LogP contribution is -2.38. The molecule has 0 aliphatic heterocycles. The lowest BCUT2D eigenvalue weighted by atomic mass is 10.1. The summed E-state index contributed by atoms with van der Waals surface area (Å²) in [5, 5.41) is 7.26. The van der Waals surface area contributed by atoms with Gasteiger partial charge >= 0.3 is 0 Å². The second-order valence-corrected chi connectivity index (χ2v) is 4.49. The molecule has 5 heteroatoms. The molecule has 0 unspecified atom stereocenters. The largest absolute Gasteiger partial charge is 0.383 e. The van der Waals surface area contributed by atoms with E-state index in [0.29, 0.717) is 13.2 Å². The SMILES string of the molecule is CCNC(=NCCOC)NCCc1ccc(Cl)cc1. The highest BCUT2D eigenvalue weighted by molar-refractivity contribution is 6.30. The summed E-state index contributed by atoms with van der Waals surface area (Å²) in [5.41, 5.74) is 1.25. The quantitative estimate of drug-likeness (QED) is 0.458. The highest BCUT2D eigenvalue weighted by Crippen LogP contribution is 2.09. The average Bonchev–Trinajstić information content (AvgIpc) is 2.41. The van der Waals surface area contributed by atoms with E-state index < -0.39 is 0 Å². The van der Waals surface area contributed by atoms with Crippen LogP contribution in [-0.4, -0.2) is 39.3 Å². The molecular weight excluding hydrogens is 262 g/mol. The van der Waals surface area contributed by atoms with Crippen LogP contribution in [0, 0.1) is 0 Å². The molecule has 0 radical (unpaired) electrons. The first kappa shape index (κ1) is 15.8. The summed E-state index contributed by atoms with van der Waals surface area (Å²) in [7, 11) is 1.68. The maximum Gasteiger partial charge on any atom is 0.191 e. The predicted molar refractivity (Wildman–Crippen MR) is 81.0 cm³/mol. The molecule has 0 aromatic heterocycles. The van der Waals surface area contributed by atoms with E-state index in [2.05, 4.69) is 15.6 Å². The van der Waals surface area contributed by atoms with Crippen LogP contribution in [0.5, 0.6) is 0 Å². The molecular formula is C14H22ClN3O. The number of nitrogens with one attached hydrogen (secondary N) is 2. The second kappa shape index (κ2) is 9.64.